The summed E-state index contributed by atoms with van der Waals surface area (Å²) in [7, 11) is 0. The standard InChI is InChI=1S/C17H23N5O/c1-2-21-13-19-11-16(21)12-20-15-5-8-22(9-6-15)17(23)14-4-3-7-18-10-14/h3-4,7,10-11,13,15,20H,2,5-6,8-9,12H2,1H3. The number of pyridine rings is 1. The average Bonchev–Trinajstić information content (AvgIpc) is 3.08. The SMILES string of the molecule is CCn1cncc1CNC1CCN(C(=O)c2cccnc2)CC1. The van der Waals surface area contributed by atoms with Crippen LogP contribution in [-0.4, -0.2) is 44.5 Å². The van der Waals surface area contributed by atoms with E-state index in [4.69, 9.17) is 0 Å². The maximum atomic E-state index is 12.4. The highest BCUT2D eigenvalue weighted by atomic mass is 16.2. The van der Waals surface area contributed by atoms with Crippen LogP contribution in [0.3, 0.4) is 0 Å². The van der Waals surface area contributed by atoms with Crippen LogP contribution in [-0.2, 0) is 13.1 Å². The maximum absolute atomic E-state index is 12.4. The van der Waals surface area contributed by atoms with Crippen molar-refractivity contribution in [3.63, 3.8) is 0 Å². The van der Waals surface area contributed by atoms with Crippen LogP contribution in [0.25, 0.3) is 0 Å². The highest BCUT2D eigenvalue weighted by Crippen LogP contribution is 2.14. The first-order chi connectivity index (χ1) is 11.3. The van der Waals surface area contributed by atoms with Crippen LogP contribution >= 0.6 is 0 Å². The van der Waals surface area contributed by atoms with Crippen LogP contribution in [0.5, 0.6) is 0 Å². The molecule has 0 atom stereocenters. The van der Waals surface area contributed by atoms with Crippen molar-refractivity contribution in [3.8, 4) is 0 Å². The second kappa shape index (κ2) is 7.37. The van der Waals surface area contributed by atoms with Crippen molar-refractivity contribution < 1.29 is 4.79 Å². The molecule has 6 nitrogen and oxygen atoms in total. The number of aryl methyl sites for hydroxylation is 1. The quantitative estimate of drug-likeness (QED) is 0.912. The van der Waals surface area contributed by atoms with Gasteiger partial charge in [0, 0.05) is 50.8 Å². The number of nitrogens with one attached hydrogen (secondary N) is 1. The van der Waals surface area contributed by atoms with E-state index in [1.54, 1.807) is 18.5 Å². The summed E-state index contributed by atoms with van der Waals surface area (Å²) in [4.78, 5) is 22.5. The van der Waals surface area contributed by atoms with Crippen LogP contribution in [0.1, 0.15) is 35.8 Å². The Bertz CT molecular complexity index is 631. The molecule has 1 aliphatic heterocycles. The molecule has 122 valence electrons. The van der Waals surface area contributed by atoms with Crippen molar-refractivity contribution >= 4 is 5.91 Å². The molecule has 2 aromatic rings. The Morgan fingerprint density at radius 2 is 2.13 bits per heavy atom. The Labute approximate surface area is 136 Å². The fourth-order valence-corrected chi connectivity index (χ4v) is 2.99. The van der Waals surface area contributed by atoms with Gasteiger partial charge in [-0.1, -0.05) is 0 Å². The second-order valence-corrected chi connectivity index (χ2v) is 5.86. The zero-order chi connectivity index (χ0) is 16.1. The third-order valence-corrected chi connectivity index (χ3v) is 4.40. The monoisotopic (exact) mass is 313 g/mol. The minimum atomic E-state index is 0.0839. The molecule has 6 heteroatoms. The number of nitrogens with zero attached hydrogens (tertiary/aromatic N) is 4. The number of amides is 1. The lowest BCUT2D eigenvalue weighted by atomic mass is 10.0. The van der Waals surface area contributed by atoms with Crippen molar-refractivity contribution in [3.05, 3.63) is 48.3 Å². The van der Waals surface area contributed by atoms with Gasteiger partial charge in [0.05, 0.1) is 17.6 Å². The van der Waals surface area contributed by atoms with Gasteiger partial charge in [0.1, 0.15) is 0 Å². The summed E-state index contributed by atoms with van der Waals surface area (Å²) >= 11 is 0. The summed E-state index contributed by atoms with van der Waals surface area (Å²) in [6.07, 6.45) is 9.06. The van der Waals surface area contributed by atoms with Crippen LogP contribution in [0.4, 0.5) is 0 Å². The van der Waals surface area contributed by atoms with Crippen LogP contribution in [0, 0.1) is 0 Å². The van der Waals surface area contributed by atoms with E-state index in [1.165, 1.54) is 5.69 Å². The highest BCUT2D eigenvalue weighted by Gasteiger charge is 2.23. The molecule has 0 aliphatic carbocycles. The third-order valence-electron chi connectivity index (χ3n) is 4.40. The van der Waals surface area contributed by atoms with Gasteiger partial charge in [0.2, 0.25) is 0 Å². The molecule has 1 amide bonds. The van der Waals surface area contributed by atoms with E-state index >= 15 is 0 Å². The molecule has 0 spiro atoms. The Morgan fingerprint density at radius 3 is 2.83 bits per heavy atom. The number of hydrogen-bond donors (Lipinski definition) is 1. The van der Waals surface area contributed by atoms with Crippen LogP contribution in [0.2, 0.25) is 0 Å². The molecule has 1 N–H and O–H groups in total. The number of rotatable bonds is 5. The van der Waals surface area contributed by atoms with Gasteiger partial charge in [-0.05, 0) is 31.9 Å². The fraction of sp³-hybridized carbons (Fsp3) is 0.471. The molecule has 0 unspecified atom stereocenters. The minimum Gasteiger partial charge on any atom is -0.338 e. The minimum absolute atomic E-state index is 0.0839. The van der Waals surface area contributed by atoms with E-state index in [0.29, 0.717) is 11.6 Å². The smallest absolute Gasteiger partial charge is 0.255 e. The van der Waals surface area contributed by atoms with E-state index in [2.05, 4.69) is 26.8 Å². The molecular formula is C17H23N5O. The molecule has 0 saturated carbocycles. The molecule has 3 heterocycles. The number of imidazole rings is 1. The number of carbonyl (C=O) groups excluding carboxylic acids is 1. The van der Waals surface area contributed by atoms with Gasteiger partial charge in [-0.3, -0.25) is 9.78 Å². The number of hydrogen-bond acceptors (Lipinski definition) is 4. The van der Waals surface area contributed by atoms with Gasteiger partial charge in [-0.2, -0.15) is 0 Å². The van der Waals surface area contributed by atoms with Gasteiger partial charge in [0.15, 0.2) is 0 Å². The molecule has 3 rings (SSSR count). The van der Waals surface area contributed by atoms with E-state index < -0.39 is 0 Å². The summed E-state index contributed by atoms with van der Waals surface area (Å²) in [5, 5.41) is 3.59. The lowest BCUT2D eigenvalue weighted by Crippen LogP contribution is -2.44. The Balaban J connectivity index is 1.48. The molecular weight excluding hydrogens is 290 g/mol. The van der Waals surface area contributed by atoms with Crippen molar-refractivity contribution in [1.82, 2.24) is 24.8 Å². The number of likely N-dealkylation sites (tertiary alicyclic amines) is 1. The summed E-state index contributed by atoms with van der Waals surface area (Å²) in [6.45, 7) is 5.47. The highest BCUT2D eigenvalue weighted by molar-refractivity contribution is 5.93. The summed E-state index contributed by atoms with van der Waals surface area (Å²) < 4.78 is 2.15. The first kappa shape index (κ1) is 15.7. The Kier molecular flexibility index (Phi) is 5.02. The lowest BCUT2D eigenvalue weighted by molar-refractivity contribution is 0.0704. The molecule has 0 radical (unpaired) electrons. The molecule has 1 fully saturated rings. The maximum Gasteiger partial charge on any atom is 0.255 e. The zero-order valence-electron chi connectivity index (χ0n) is 13.5. The molecule has 1 saturated heterocycles. The summed E-state index contributed by atoms with van der Waals surface area (Å²) in [5.41, 5.74) is 1.88. The van der Waals surface area contributed by atoms with Crippen molar-refractivity contribution in [2.24, 2.45) is 0 Å². The summed E-state index contributed by atoms with van der Waals surface area (Å²) in [5.74, 6) is 0.0839. The molecule has 0 bridgehead atoms. The van der Waals surface area contributed by atoms with Gasteiger partial charge in [-0.15, -0.1) is 0 Å². The third kappa shape index (κ3) is 3.76. The first-order valence-electron chi connectivity index (χ1n) is 8.19. The molecule has 2 aromatic heterocycles. The topological polar surface area (TPSA) is 63.1 Å². The number of aromatic nitrogens is 3. The van der Waals surface area contributed by atoms with Crippen molar-refractivity contribution in [2.75, 3.05) is 13.1 Å². The molecule has 23 heavy (non-hydrogen) atoms. The van der Waals surface area contributed by atoms with Crippen molar-refractivity contribution in [1.29, 1.82) is 0 Å². The number of piperidine rings is 1. The van der Waals surface area contributed by atoms with Crippen LogP contribution in [0.15, 0.2) is 37.1 Å². The summed E-state index contributed by atoms with van der Waals surface area (Å²) in [6, 6.07) is 4.08. The molecule has 1 aliphatic rings. The van der Waals surface area contributed by atoms with Gasteiger partial charge in [-0.25, -0.2) is 4.98 Å². The van der Waals surface area contributed by atoms with Gasteiger partial charge < -0.3 is 14.8 Å². The normalized spacial score (nSPS) is 15.8. The Morgan fingerprint density at radius 1 is 1.30 bits per heavy atom. The van der Waals surface area contributed by atoms with E-state index in [-0.39, 0.29) is 5.91 Å². The Hall–Kier alpha value is -2.21. The molecule has 0 aromatic carbocycles. The second-order valence-electron chi connectivity index (χ2n) is 5.86. The number of carbonyl (C=O) groups is 1. The predicted molar refractivity (Wildman–Crippen MR) is 87.9 cm³/mol. The van der Waals surface area contributed by atoms with E-state index in [0.717, 1.165) is 39.0 Å². The fourth-order valence-electron chi connectivity index (χ4n) is 2.99. The van der Waals surface area contributed by atoms with Gasteiger partial charge in [0.25, 0.3) is 5.91 Å². The first-order valence-corrected chi connectivity index (χ1v) is 8.19. The van der Waals surface area contributed by atoms with E-state index in [1.807, 2.05) is 23.5 Å². The zero-order valence-corrected chi connectivity index (χ0v) is 13.5. The van der Waals surface area contributed by atoms with Gasteiger partial charge >= 0.3 is 0 Å². The van der Waals surface area contributed by atoms with Crippen molar-refractivity contribution in [2.45, 2.75) is 38.9 Å². The average molecular weight is 313 g/mol. The lowest BCUT2D eigenvalue weighted by Gasteiger charge is -2.32. The largest absolute Gasteiger partial charge is 0.338 e. The van der Waals surface area contributed by atoms with Crippen LogP contribution < -0.4 is 5.32 Å². The van der Waals surface area contributed by atoms with E-state index in [9.17, 15) is 4.79 Å². The predicted octanol–water partition coefficient (Wildman–Crippen LogP) is 1.69.